The first kappa shape index (κ1) is 13.0. The first-order valence-corrected chi connectivity index (χ1v) is 6.61. The first-order valence-electron chi connectivity index (χ1n) is 5.81. The third-order valence-corrected chi connectivity index (χ3v) is 3.67. The molecule has 0 spiro atoms. The Morgan fingerprint density at radius 2 is 1.67 bits per heavy atom. The third-order valence-electron chi connectivity index (χ3n) is 2.92. The minimum absolute atomic E-state index is 0.471. The van der Waals surface area contributed by atoms with Gasteiger partial charge < -0.3 is 10.5 Å². The fraction of sp³-hybridized carbons (Fsp3) is 0.200. The molecule has 0 amide bonds. The Kier molecular flexibility index (Phi) is 3.92. The van der Waals surface area contributed by atoms with E-state index in [0.717, 1.165) is 32.6 Å². The summed E-state index contributed by atoms with van der Waals surface area (Å²) in [4.78, 5) is 0. The Balaban J connectivity index is 2.22. The second kappa shape index (κ2) is 5.44. The molecule has 0 heterocycles. The van der Waals surface area contributed by atoms with Crippen molar-refractivity contribution >= 4 is 21.6 Å². The van der Waals surface area contributed by atoms with Gasteiger partial charge in [-0.05, 0) is 37.1 Å². The number of nitrogens with two attached hydrogens (primary N) is 1. The molecule has 0 fully saturated rings. The largest absolute Gasteiger partial charge is 0.488 e. The molecule has 0 radical (unpaired) electrons. The average Bonchev–Trinajstić information content (AvgIpc) is 2.31. The van der Waals surface area contributed by atoms with Crippen LogP contribution >= 0.6 is 15.9 Å². The summed E-state index contributed by atoms with van der Waals surface area (Å²) in [5.41, 5.74) is 9.96. The van der Waals surface area contributed by atoms with Crippen molar-refractivity contribution in [3.63, 3.8) is 0 Å². The smallest absolute Gasteiger partial charge is 0.125 e. The van der Waals surface area contributed by atoms with Crippen LogP contribution in [0.4, 0.5) is 5.69 Å². The topological polar surface area (TPSA) is 35.2 Å². The molecule has 0 aliphatic heterocycles. The highest BCUT2D eigenvalue weighted by Gasteiger charge is 2.07. The molecule has 0 aliphatic carbocycles. The van der Waals surface area contributed by atoms with Crippen molar-refractivity contribution in [1.29, 1.82) is 0 Å². The van der Waals surface area contributed by atoms with Gasteiger partial charge in [-0.1, -0.05) is 40.2 Å². The molecule has 2 aromatic carbocycles. The fourth-order valence-corrected chi connectivity index (χ4v) is 2.39. The van der Waals surface area contributed by atoms with Gasteiger partial charge in [0.15, 0.2) is 0 Å². The summed E-state index contributed by atoms with van der Waals surface area (Å²) in [6.45, 7) is 4.57. The van der Waals surface area contributed by atoms with E-state index >= 15 is 0 Å². The Morgan fingerprint density at radius 3 is 2.28 bits per heavy atom. The van der Waals surface area contributed by atoms with E-state index in [1.165, 1.54) is 0 Å². The van der Waals surface area contributed by atoms with Crippen LogP contribution in [0.5, 0.6) is 5.75 Å². The van der Waals surface area contributed by atoms with Gasteiger partial charge in [-0.2, -0.15) is 0 Å². The molecular formula is C15H16BrNO. The molecule has 0 aliphatic rings. The molecule has 3 heteroatoms. The Morgan fingerprint density at radius 1 is 1.06 bits per heavy atom. The summed E-state index contributed by atoms with van der Waals surface area (Å²) in [5, 5.41) is 0. The lowest BCUT2D eigenvalue weighted by Crippen LogP contribution is -2.03. The van der Waals surface area contributed by atoms with Crippen molar-refractivity contribution < 1.29 is 4.74 Å². The molecule has 2 aromatic rings. The molecule has 0 saturated carbocycles. The summed E-state index contributed by atoms with van der Waals surface area (Å²) in [7, 11) is 0. The monoisotopic (exact) mass is 305 g/mol. The zero-order chi connectivity index (χ0) is 13.1. The van der Waals surface area contributed by atoms with Crippen molar-refractivity contribution in [2.24, 2.45) is 0 Å². The molecular weight excluding hydrogens is 290 g/mol. The molecule has 0 unspecified atom stereocenters. The number of halogens is 1. The normalized spacial score (nSPS) is 10.4. The second-order valence-electron chi connectivity index (χ2n) is 4.32. The predicted molar refractivity (Wildman–Crippen MR) is 78.8 cm³/mol. The van der Waals surface area contributed by atoms with E-state index in [1.807, 2.05) is 50.2 Å². The number of nitrogen functional groups attached to an aromatic ring is 1. The van der Waals surface area contributed by atoms with E-state index in [1.54, 1.807) is 0 Å². The summed E-state index contributed by atoms with van der Waals surface area (Å²) in [5.74, 6) is 0.938. The van der Waals surface area contributed by atoms with Crippen LogP contribution < -0.4 is 10.5 Å². The highest BCUT2D eigenvalue weighted by molar-refractivity contribution is 9.10. The van der Waals surface area contributed by atoms with E-state index < -0.39 is 0 Å². The van der Waals surface area contributed by atoms with Gasteiger partial charge in [-0.3, -0.25) is 0 Å². The maximum absolute atomic E-state index is 5.95. The second-order valence-corrected chi connectivity index (χ2v) is 5.17. The van der Waals surface area contributed by atoms with E-state index in [2.05, 4.69) is 15.9 Å². The van der Waals surface area contributed by atoms with Crippen molar-refractivity contribution in [1.82, 2.24) is 0 Å². The van der Waals surface area contributed by atoms with Gasteiger partial charge in [0.05, 0.1) is 0 Å². The van der Waals surface area contributed by atoms with Gasteiger partial charge in [0, 0.05) is 15.7 Å². The van der Waals surface area contributed by atoms with Gasteiger partial charge in [0.25, 0.3) is 0 Å². The van der Waals surface area contributed by atoms with Crippen LogP contribution in [-0.2, 0) is 6.61 Å². The van der Waals surface area contributed by atoms with Crippen molar-refractivity contribution in [3.8, 4) is 5.75 Å². The number of anilines is 1. The van der Waals surface area contributed by atoms with Gasteiger partial charge in [-0.25, -0.2) is 0 Å². The highest BCUT2D eigenvalue weighted by Crippen LogP contribution is 2.27. The summed E-state index contributed by atoms with van der Waals surface area (Å²) >= 11 is 3.50. The van der Waals surface area contributed by atoms with Crippen LogP contribution in [0.25, 0.3) is 0 Å². The molecule has 2 nitrogen and oxygen atoms in total. The maximum atomic E-state index is 5.95. The maximum Gasteiger partial charge on any atom is 0.125 e. The molecule has 0 aromatic heterocycles. The minimum Gasteiger partial charge on any atom is -0.488 e. The van der Waals surface area contributed by atoms with Crippen molar-refractivity contribution in [2.45, 2.75) is 20.5 Å². The van der Waals surface area contributed by atoms with Crippen molar-refractivity contribution in [2.75, 3.05) is 5.73 Å². The summed E-state index contributed by atoms with van der Waals surface area (Å²) in [6.07, 6.45) is 0. The van der Waals surface area contributed by atoms with Gasteiger partial charge >= 0.3 is 0 Å². The number of ether oxygens (including phenoxy) is 1. The van der Waals surface area contributed by atoms with E-state index in [-0.39, 0.29) is 0 Å². The number of hydrogen-bond acceptors (Lipinski definition) is 2. The minimum atomic E-state index is 0.471. The lowest BCUT2D eigenvalue weighted by Gasteiger charge is -2.14. The van der Waals surface area contributed by atoms with Crippen LogP contribution in [-0.4, -0.2) is 0 Å². The van der Waals surface area contributed by atoms with Gasteiger partial charge in [-0.15, -0.1) is 0 Å². The van der Waals surface area contributed by atoms with E-state index in [4.69, 9.17) is 10.5 Å². The number of hydrogen-bond donors (Lipinski definition) is 1. The van der Waals surface area contributed by atoms with Crippen LogP contribution in [0.1, 0.15) is 16.7 Å². The van der Waals surface area contributed by atoms with Gasteiger partial charge in [0.2, 0.25) is 0 Å². The first-order chi connectivity index (χ1) is 8.59. The number of para-hydroxylation sites is 1. The van der Waals surface area contributed by atoms with Crippen LogP contribution in [0.2, 0.25) is 0 Å². The van der Waals surface area contributed by atoms with Crippen molar-refractivity contribution in [3.05, 3.63) is 57.6 Å². The van der Waals surface area contributed by atoms with E-state index in [0.29, 0.717) is 6.61 Å². The van der Waals surface area contributed by atoms with Gasteiger partial charge in [0.1, 0.15) is 12.4 Å². The molecule has 94 valence electrons. The third kappa shape index (κ3) is 2.67. The summed E-state index contributed by atoms with van der Waals surface area (Å²) < 4.78 is 6.89. The summed E-state index contributed by atoms with van der Waals surface area (Å²) in [6, 6.07) is 11.9. The molecule has 2 N–H and O–H groups in total. The SMILES string of the molecule is Cc1cccc(C)c1OCc1c(N)cccc1Br. The average molecular weight is 306 g/mol. The standard InChI is InChI=1S/C15H16BrNO/c1-10-5-3-6-11(2)15(10)18-9-12-13(16)7-4-8-14(12)17/h3-8H,9,17H2,1-2H3. The number of benzene rings is 2. The fourth-order valence-electron chi connectivity index (χ4n) is 1.90. The zero-order valence-electron chi connectivity index (χ0n) is 10.5. The quantitative estimate of drug-likeness (QED) is 0.861. The highest BCUT2D eigenvalue weighted by atomic mass is 79.9. The van der Waals surface area contributed by atoms with Crippen LogP contribution in [0.15, 0.2) is 40.9 Å². The van der Waals surface area contributed by atoms with Crippen LogP contribution in [0, 0.1) is 13.8 Å². The molecule has 18 heavy (non-hydrogen) atoms. The van der Waals surface area contributed by atoms with E-state index in [9.17, 15) is 0 Å². The lowest BCUT2D eigenvalue weighted by molar-refractivity contribution is 0.302. The Hall–Kier alpha value is -1.48. The Labute approximate surface area is 116 Å². The predicted octanol–water partition coefficient (Wildman–Crippen LogP) is 4.23. The molecule has 0 bridgehead atoms. The lowest BCUT2D eigenvalue weighted by atomic mass is 10.1. The number of aryl methyl sites for hydroxylation is 2. The van der Waals surface area contributed by atoms with Crippen LogP contribution in [0.3, 0.4) is 0 Å². The zero-order valence-corrected chi connectivity index (χ0v) is 12.1. The molecule has 0 atom stereocenters. The molecule has 2 rings (SSSR count). The Bertz CT molecular complexity index is 474. The number of rotatable bonds is 3. The molecule has 0 saturated heterocycles.